The van der Waals surface area contributed by atoms with Gasteiger partial charge in [0.2, 0.25) is 0 Å². The molecule has 6 nitrogen and oxygen atoms in total. The number of nitrogens with one attached hydrogen (secondary N) is 3. The topological polar surface area (TPSA) is 79.5 Å². The van der Waals surface area contributed by atoms with E-state index >= 15 is 0 Å². The van der Waals surface area contributed by atoms with Crippen LogP contribution in [0.4, 0.5) is 4.79 Å². The average molecular weight is 458 g/mol. The summed E-state index contributed by atoms with van der Waals surface area (Å²) in [5, 5.41) is 8.92. The molecule has 0 aliphatic heterocycles. The number of rotatable bonds is 10. The van der Waals surface area contributed by atoms with Gasteiger partial charge in [-0.15, -0.1) is 0 Å². The Labute approximate surface area is 201 Å². The van der Waals surface area contributed by atoms with Crippen molar-refractivity contribution in [1.82, 2.24) is 16.0 Å². The molecule has 3 aromatic carbocycles. The molecule has 0 bridgehead atoms. The second kappa shape index (κ2) is 12.3. The third-order valence-electron chi connectivity index (χ3n) is 5.07. The maximum Gasteiger partial charge on any atom is 0.407 e. The van der Waals surface area contributed by atoms with Crippen molar-refractivity contribution >= 4 is 12.0 Å². The Kier molecular flexibility index (Phi) is 8.86. The summed E-state index contributed by atoms with van der Waals surface area (Å²) in [5.41, 5.74) is 4.76. The highest BCUT2D eigenvalue weighted by atomic mass is 16.5. The number of alkyl carbamates (subject to hydrolysis) is 1. The van der Waals surface area contributed by atoms with Gasteiger partial charge in [-0.3, -0.25) is 4.79 Å². The molecular weight excluding hydrogens is 426 g/mol. The third-order valence-corrected chi connectivity index (χ3v) is 5.07. The Bertz CT molecular complexity index is 1130. The molecule has 0 atom stereocenters. The first-order chi connectivity index (χ1) is 16.4. The van der Waals surface area contributed by atoms with Crippen LogP contribution in [0.5, 0.6) is 0 Å². The van der Waals surface area contributed by atoms with Gasteiger partial charge in [0.25, 0.3) is 5.91 Å². The van der Waals surface area contributed by atoms with Crippen molar-refractivity contribution in [2.24, 2.45) is 0 Å². The summed E-state index contributed by atoms with van der Waals surface area (Å²) in [7, 11) is 0. The van der Waals surface area contributed by atoms with Crippen molar-refractivity contribution in [2.75, 3.05) is 6.54 Å². The van der Waals surface area contributed by atoms with Gasteiger partial charge in [-0.1, -0.05) is 79.4 Å². The zero-order chi connectivity index (χ0) is 24.3. The number of carbonyl (C=O) groups excluding carboxylic acids is 2. The third kappa shape index (κ3) is 7.24. The second-order valence-electron chi connectivity index (χ2n) is 8.20. The van der Waals surface area contributed by atoms with Crippen LogP contribution in [0.25, 0.3) is 11.1 Å². The van der Waals surface area contributed by atoms with E-state index in [1.807, 2.05) is 86.6 Å². The summed E-state index contributed by atoms with van der Waals surface area (Å²) in [5.74, 6) is -0.188. The van der Waals surface area contributed by atoms with Crippen LogP contribution in [0.1, 0.15) is 35.3 Å². The highest BCUT2D eigenvalue weighted by Gasteiger charge is 2.15. The number of hydrogen-bond donors (Lipinski definition) is 3. The lowest BCUT2D eigenvalue weighted by Crippen LogP contribution is -2.32. The Hall–Kier alpha value is -4.06. The van der Waals surface area contributed by atoms with Gasteiger partial charge in [-0.25, -0.2) is 4.79 Å². The van der Waals surface area contributed by atoms with Crippen LogP contribution in [0, 0.1) is 0 Å². The number of ether oxygens (including phenoxy) is 1. The van der Waals surface area contributed by atoms with Crippen molar-refractivity contribution < 1.29 is 14.3 Å². The fourth-order valence-corrected chi connectivity index (χ4v) is 3.54. The molecular formula is C28H31N3O3. The summed E-state index contributed by atoms with van der Waals surface area (Å²) in [6, 6.07) is 24.9. The van der Waals surface area contributed by atoms with Gasteiger partial charge in [0.15, 0.2) is 0 Å². The fourth-order valence-electron chi connectivity index (χ4n) is 3.54. The van der Waals surface area contributed by atoms with E-state index in [-0.39, 0.29) is 25.1 Å². The van der Waals surface area contributed by atoms with E-state index in [0.29, 0.717) is 12.1 Å². The molecule has 0 saturated carbocycles. The largest absolute Gasteiger partial charge is 0.445 e. The van der Waals surface area contributed by atoms with Crippen molar-refractivity contribution in [2.45, 2.75) is 33.0 Å². The Morgan fingerprint density at radius 2 is 1.50 bits per heavy atom. The molecule has 6 heteroatoms. The quantitative estimate of drug-likeness (QED) is 0.399. The summed E-state index contributed by atoms with van der Waals surface area (Å²) in [4.78, 5) is 25.2. The molecule has 0 unspecified atom stereocenters. The molecule has 0 aliphatic carbocycles. The van der Waals surface area contributed by atoms with E-state index in [9.17, 15) is 9.59 Å². The molecule has 34 heavy (non-hydrogen) atoms. The van der Waals surface area contributed by atoms with Crippen LogP contribution in [0.2, 0.25) is 0 Å². The first kappa shape index (κ1) is 24.6. The lowest BCUT2D eigenvalue weighted by molar-refractivity contribution is 0.0956. The first-order valence-corrected chi connectivity index (χ1v) is 11.3. The lowest BCUT2D eigenvalue weighted by atomic mass is 9.95. The van der Waals surface area contributed by atoms with E-state index < -0.39 is 6.09 Å². The van der Waals surface area contributed by atoms with Gasteiger partial charge in [-0.05, 0) is 42.2 Å². The first-order valence-electron chi connectivity index (χ1n) is 11.3. The fraction of sp³-hybridized carbons (Fsp3) is 0.214. The number of carbonyl (C=O) groups is 2. The zero-order valence-corrected chi connectivity index (χ0v) is 19.6. The summed E-state index contributed by atoms with van der Waals surface area (Å²) in [6.45, 7) is 8.80. The average Bonchev–Trinajstić information content (AvgIpc) is 2.85. The molecule has 0 aliphatic rings. The van der Waals surface area contributed by atoms with Crippen LogP contribution >= 0.6 is 0 Å². The lowest BCUT2D eigenvalue weighted by Gasteiger charge is -2.16. The standard InChI is InChI=1S/C28H31N3O3/c1-20(2)31-21(3)17-29-27(32)26-16-10-9-15-25(26)24-14-8-7-13-23(24)18-30-28(33)34-19-22-11-5-4-6-12-22/h4-16,20,31H,3,17-19H2,1-2H3,(H,29,32)(H,30,33). The number of amides is 2. The van der Waals surface area contributed by atoms with Crippen molar-refractivity contribution in [3.8, 4) is 11.1 Å². The molecule has 0 fully saturated rings. The van der Waals surface area contributed by atoms with E-state index in [1.165, 1.54) is 0 Å². The molecule has 0 aromatic heterocycles. The molecule has 0 spiro atoms. The van der Waals surface area contributed by atoms with Crippen LogP contribution < -0.4 is 16.0 Å². The SMILES string of the molecule is C=C(CNC(=O)c1ccccc1-c1ccccc1CNC(=O)OCc1ccccc1)NC(C)C. The molecule has 176 valence electrons. The molecule has 0 saturated heterocycles. The molecule has 2 amide bonds. The van der Waals surface area contributed by atoms with Crippen molar-refractivity contribution in [3.05, 3.63) is 108 Å². The van der Waals surface area contributed by atoms with Gasteiger partial charge in [-0.2, -0.15) is 0 Å². The Morgan fingerprint density at radius 1 is 0.853 bits per heavy atom. The highest BCUT2D eigenvalue weighted by molar-refractivity contribution is 6.01. The maximum absolute atomic E-state index is 13.0. The highest BCUT2D eigenvalue weighted by Crippen LogP contribution is 2.27. The van der Waals surface area contributed by atoms with E-state index in [0.717, 1.165) is 28.0 Å². The van der Waals surface area contributed by atoms with Gasteiger partial charge >= 0.3 is 6.09 Å². The Balaban J connectivity index is 1.68. The van der Waals surface area contributed by atoms with Crippen LogP contribution in [0.3, 0.4) is 0 Å². The minimum absolute atomic E-state index is 0.188. The summed E-state index contributed by atoms with van der Waals surface area (Å²) >= 11 is 0. The van der Waals surface area contributed by atoms with Crippen LogP contribution in [-0.4, -0.2) is 24.6 Å². The minimum atomic E-state index is -0.499. The van der Waals surface area contributed by atoms with Crippen molar-refractivity contribution in [3.63, 3.8) is 0 Å². The van der Waals surface area contributed by atoms with Gasteiger partial charge in [0.1, 0.15) is 6.61 Å². The van der Waals surface area contributed by atoms with Crippen LogP contribution in [-0.2, 0) is 17.9 Å². The van der Waals surface area contributed by atoms with E-state index in [1.54, 1.807) is 6.07 Å². The summed E-state index contributed by atoms with van der Waals surface area (Å²) in [6.07, 6.45) is -0.499. The van der Waals surface area contributed by atoms with Gasteiger partial charge in [0, 0.05) is 23.8 Å². The smallest absolute Gasteiger partial charge is 0.407 e. The minimum Gasteiger partial charge on any atom is -0.445 e. The van der Waals surface area contributed by atoms with Gasteiger partial charge < -0.3 is 20.7 Å². The molecule has 3 aromatic rings. The molecule has 0 radical (unpaired) electrons. The normalized spacial score (nSPS) is 10.4. The predicted molar refractivity (Wildman–Crippen MR) is 135 cm³/mol. The van der Waals surface area contributed by atoms with Crippen LogP contribution in [0.15, 0.2) is 91.1 Å². The summed E-state index contributed by atoms with van der Waals surface area (Å²) < 4.78 is 5.31. The Morgan fingerprint density at radius 3 is 2.24 bits per heavy atom. The number of hydrogen-bond acceptors (Lipinski definition) is 4. The van der Waals surface area contributed by atoms with Gasteiger partial charge in [0.05, 0.1) is 6.54 Å². The zero-order valence-electron chi connectivity index (χ0n) is 19.6. The monoisotopic (exact) mass is 457 g/mol. The maximum atomic E-state index is 13.0. The van der Waals surface area contributed by atoms with E-state index in [4.69, 9.17) is 4.74 Å². The molecule has 0 heterocycles. The predicted octanol–water partition coefficient (Wildman–Crippen LogP) is 5.02. The molecule has 3 rings (SSSR count). The van der Waals surface area contributed by atoms with Crippen molar-refractivity contribution in [1.29, 1.82) is 0 Å². The van der Waals surface area contributed by atoms with E-state index in [2.05, 4.69) is 22.5 Å². The number of benzene rings is 3. The second-order valence-corrected chi connectivity index (χ2v) is 8.20. The molecule has 3 N–H and O–H groups in total.